The van der Waals surface area contributed by atoms with Crippen LogP contribution >= 0.6 is 0 Å². The number of halogens is 3. The number of nitrogens with two attached hydrogens (primary N) is 1. The fourth-order valence-electron chi connectivity index (χ4n) is 1.48. The minimum atomic E-state index is -4.55. The van der Waals surface area contributed by atoms with E-state index in [0.29, 0.717) is 6.08 Å². The molecule has 19 heavy (non-hydrogen) atoms. The Morgan fingerprint density at radius 3 is 2.37 bits per heavy atom. The van der Waals surface area contributed by atoms with Crippen LogP contribution in [0.15, 0.2) is 42.1 Å². The number of para-hydroxylation sites is 1. The molecule has 1 aromatic carbocycles. The van der Waals surface area contributed by atoms with Gasteiger partial charge in [-0.25, -0.2) is 4.79 Å². The van der Waals surface area contributed by atoms with Gasteiger partial charge in [0.2, 0.25) is 0 Å². The maximum absolute atomic E-state index is 12.9. The molecule has 0 aliphatic carbocycles. The van der Waals surface area contributed by atoms with E-state index in [0.717, 1.165) is 0 Å². The van der Waals surface area contributed by atoms with E-state index in [1.807, 2.05) is 0 Å². The van der Waals surface area contributed by atoms with Crippen molar-refractivity contribution in [3.05, 3.63) is 42.1 Å². The fraction of sp³-hybridized carbons (Fsp3) is 0.250. The third kappa shape index (κ3) is 4.90. The number of carboxylic acids is 1. The van der Waals surface area contributed by atoms with Gasteiger partial charge in [0, 0.05) is 30.4 Å². The quantitative estimate of drug-likeness (QED) is 0.639. The average Bonchev–Trinajstić information content (AvgIpc) is 2.27. The molecule has 0 heterocycles. The zero-order valence-electron chi connectivity index (χ0n) is 9.89. The minimum absolute atomic E-state index is 0.0156. The first-order valence-corrected chi connectivity index (χ1v) is 5.39. The Bertz CT molecular complexity index is 458. The van der Waals surface area contributed by atoms with Crippen molar-refractivity contribution in [3.63, 3.8) is 0 Å². The van der Waals surface area contributed by atoms with Gasteiger partial charge in [-0.05, 0) is 12.1 Å². The molecule has 0 fully saturated rings. The largest absolute Gasteiger partial charge is 0.484 e. The molecule has 104 valence electrons. The number of hydrogen-bond donors (Lipinski definition) is 2. The Balaban J connectivity index is 2.81. The van der Waals surface area contributed by atoms with E-state index >= 15 is 0 Å². The van der Waals surface area contributed by atoms with E-state index < -0.39 is 18.8 Å². The zero-order valence-corrected chi connectivity index (χ0v) is 9.89. The normalized spacial score (nSPS) is 12.3. The second-order valence-corrected chi connectivity index (χ2v) is 3.76. The Morgan fingerprint density at radius 1 is 1.32 bits per heavy atom. The zero-order chi connectivity index (χ0) is 14.5. The molecule has 3 N–H and O–H groups in total. The number of anilines is 1. The van der Waals surface area contributed by atoms with Crippen molar-refractivity contribution >= 4 is 11.7 Å². The van der Waals surface area contributed by atoms with Crippen LogP contribution in [0.25, 0.3) is 0 Å². The van der Waals surface area contributed by atoms with Gasteiger partial charge in [-0.15, -0.1) is 0 Å². The van der Waals surface area contributed by atoms with Crippen molar-refractivity contribution in [1.82, 2.24) is 0 Å². The summed E-state index contributed by atoms with van der Waals surface area (Å²) < 4.78 is 38.6. The van der Waals surface area contributed by atoms with E-state index in [1.165, 1.54) is 24.3 Å². The summed E-state index contributed by atoms with van der Waals surface area (Å²) in [6.45, 7) is -0.441. The van der Waals surface area contributed by atoms with Crippen LogP contribution in [0.5, 0.6) is 0 Å². The first-order chi connectivity index (χ1) is 8.80. The van der Waals surface area contributed by atoms with Gasteiger partial charge in [0.15, 0.2) is 0 Å². The van der Waals surface area contributed by atoms with Gasteiger partial charge in [-0.3, -0.25) is 4.90 Å². The van der Waals surface area contributed by atoms with Crippen LogP contribution in [0.4, 0.5) is 18.9 Å². The van der Waals surface area contributed by atoms with E-state index in [9.17, 15) is 18.0 Å². The lowest BCUT2D eigenvalue weighted by Gasteiger charge is -2.27. The molecule has 0 aliphatic heterocycles. The summed E-state index contributed by atoms with van der Waals surface area (Å²) in [4.78, 5) is 10.5. The summed E-state index contributed by atoms with van der Waals surface area (Å²) in [7, 11) is 0. The molecule has 4 nitrogen and oxygen atoms in total. The smallest absolute Gasteiger partial charge is 0.478 e. The van der Waals surface area contributed by atoms with Gasteiger partial charge in [0.05, 0.1) is 0 Å². The number of rotatable bonds is 5. The Hall–Kier alpha value is -2.18. The monoisotopic (exact) mass is 274 g/mol. The molecule has 0 aliphatic rings. The Morgan fingerprint density at radius 2 is 1.89 bits per heavy atom. The molecule has 0 aromatic heterocycles. The van der Waals surface area contributed by atoms with E-state index in [-0.39, 0.29) is 22.7 Å². The molecule has 0 spiro atoms. The van der Waals surface area contributed by atoms with E-state index in [4.69, 9.17) is 10.8 Å². The highest BCUT2D eigenvalue weighted by atomic mass is 19.4. The predicted molar refractivity (Wildman–Crippen MR) is 64.4 cm³/mol. The van der Waals surface area contributed by atoms with Crippen LogP contribution in [-0.4, -0.2) is 23.9 Å². The van der Waals surface area contributed by atoms with Crippen LogP contribution in [0.3, 0.4) is 0 Å². The van der Waals surface area contributed by atoms with Crippen LogP contribution in [0.2, 0.25) is 0 Å². The van der Waals surface area contributed by atoms with Crippen molar-refractivity contribution < 1.29 is 23.1 Å². The van der Waals surface area contributed by atoms with Gasteiger partial charge in [0.25, 0.3) is 0 Å². The van der Waals surface area contributed by atoms with E-state index in [1.54, 1.807) is 6.07 Å². The number of hydrogen-bond acceptors (Lipinski definition) is 3. The Kier molecular flexibility index (Phi) is 4.80. The first-order valence-electron chi connectivity index (χ1n) is 5.39. The highest BCUT2D eigenvalue weighted by Crippen LogP contribution is 2.28. The lowest BCUT2D eigenvalue weighted by molar-refractivity contribution is -0.131. The molecule has 1 rings (SSSR count). The van der Waals surface area contributed by atoms with Gasteiger partial charge in [-0.1, -0.05) is 18.2 Å². The molecule has 0 saturated carbocycles. The molecule has 0 amide bonds. The summed E-state index contributed by atoms with van der Waals surface area (Å²) in [5.41, 5.74) is 5.20. The lowest BCUT2D eigenvalue weighted by Crippen LogP contribution is -2.39. The average molecular weight is 274 g/mol. The molecular formula is C12H13F3N2O2. The minimum Gasteiger partial charge on any atom is -0.478 e. The molecule has 0 bridgehead atoms. The highest BCUT2D eigenvalue weighted by molar-refractivity contribution is 5.80. The Labute approximate surface area is 107 Å². The number of carbonyl (C=O) groups is 1. The topological polar surface area (TPSA) is 66.6 Å². The standard InChI is InChI=1S/C12H13F3N2O2/c13-12(14,15)17(10-4-2-1-3-5-10)7-6-9(16)8-11(18)19/h1-5,8H,6-7,16H2,(H,18,19). The number of alkyl halides is 3. The van der Waals surface area contributed by atoms with Gasteiger partial charge < -0.3 is 10.8 Å². The second-order valence-electron chi connectivity index (χ2n) is 3.76. The van der Waals surface area contributed by atoms with Gasteiger partial charge >= 0.3 is 12.3 Å². The number of aliphatic carboxylic acids is 1. The summed E-state index contributed by atoms with van der Waals surface area (Å²) in [5.74, 6) is -1.28. The van der Waals surface area contributed by atoms with Crippen molar-refractivity contribution in [2.24, 2.45) is 5.73 Å². The predicted octanol–water partition coefficient (Wildman–Crippen LogP) is 2.33. The summed E-state index contributed by atoms with van der Waals surface area (Å²) in [6, 6.07) is 7.24. The maximum Gasteiger partial charge on any atom is 0.484 e. The SMILES string of the molecule is NC(=CC(=O)O)CCN(c1ccccc1)C(F)(F)F. The van der Waals surface area contributed by atoms with Gasteiger partial charge in [-0.2, -0.15) is 13.2 Å². The highest BCUT2D eigenvalue weighted by Gasteiger charge is 2.37. The fourth-order valence-corrected chi connectivity index (χ4v) is 1.48. The molecule has 0 atom stereocenters. The molecule has 7 heteroatoms. The number of benzene rings is 1. The molecular weight excluding hydrogens is 261 g/mol. The molecule has 0 saturated heterocycles. The number of nitrogens with zero attached hydrogens (tertiary/aromatic N) is 1. The first kappa shape index (κ1) is 14.9. The van der Waals surface area contributed by atoms with Crippen LogP contribution in [0.1, 0.15) is 6.42 Å². The summed E-state index contributed by atoms with van der Waals surface area (Å²) in [6.07, 6.45) is -4.05. The molecule has 1 aromatic rings. The van der Waals surface area contributed by atoms with Crippen LogP contribution in [0, 0.1) is 0 Å². The maximum atomic E-state index is 12.9. The second kappa shape index (κ2) is 6.12. The molecule has 0 radical (unpaired) electrons. The van der Waals surface area contributed by atoms with Crippen molar-refractivity contribution in [2.75, 3.05) is 11.4 Å². The van der Waals surface area contributed by atoms with Gasteiger partial charge in [0.1, 0.15) is 0 Å². The number of carboxylic acid groups (broad SMARTS) is 1. The van der Waals surface area contributed by atoms with Crippen molar-refractivity contribution in [1.29, 1.82) is 0 Å². The van der Waals surface area contributed by atoms with E-state index in [2.05, 4.69) is 0 Å². The third-order valence-corrected chi connectivity index (χ3v) is 2.31. The summed E-state index contributed by atoms with van der Waals surface area (Å²) in [5, 5.41) is 8.43. The van der Waals surface area contributed by atoms with Crippen molar-refractivity contribution in [2.45, 2.75) is 12.7 Å². The van der Waals surface area contributed by atoms with Crippen molar-refractivity contribution in [3.8, 4) is 0 Å². The van der Waals surface area contributed by atoms with Crippen LogP contribution in [-0.2, 0) is 4.79 Å². The summed E-state index contributed by atoms with van der Waals surface area (Å²) >= 11 is 0. The lowest BCUT2D eigenvalue weighted by atomic mass is 10.2. The van der Waals surface area contributed by atoms with Crippen LogP contribution < -0.4 is 10.6 Å². The molecule has 0 unspecified atom stereocenters. The third-order valence-electron chi connectivity index (χ3n) is 2.31.